The minimum Gasteiger partial charge on any atom is -0.398 e. The van der Waals surface area contributed by atoms with Gasteiger partial charge in [0.15, 0.2) is 0 Å². The maximum absolute atomic E-state index is 12.6. The number of anilines is 2. The monoisotopic (exact) mass is 316 g/mol. The highest BCUT2D eigenvalue weighted by Gasteiger charge is 2.26. The van der Waals surface area contributed by atoms with Crippen LogP contribution < -0.4 is 10.6 Å². The summed E-state index contributed by atoms with van der Waals surface area (Å²) in [6.45, 7) is 0.716. The van der Waals surface area contributed by atoms with E-state index >= 15 is 0 Å². The van der Waals surface area contributed by atoms with Gasteiger partial charge in [-0.05, 0) is 36.2 Å². The van der Waals surface area contributed by atoms with Gasteiger partial charge < -0.3 is 10.6 Å². The molecule has 0 bridgehead atoms. The first-order valence-corrected chi connectivity index (χ1v) is 6.91. The lowest BCUT2D eigenvalue weighted by Crippen LogP contribution is -2.29. The van der Waals surface area contributed by atoms with Crippen LogP contribution in [0.2, 0.25) is 0 Å². The van der Waals surface area contributed by atoms with Crippen molar-refractivity contribution in [3.63, 3.8) is 0 Å². The number of benzene rings is 2. The van der Waals surface area contributed by atoms with Gasteiger partial charge in [-0.2, -0.15) is 0 Å². The molecule has 1 aliphatic rings. The van der Waals surface area contributed by atoms with E-state index in [0.29, 0.717) is 17.8 Å². The van der Waals surface area contributed by atoms with E-state index in [1.54, 1.807) is 17.0 Å². The molecule has 2 aromatic rings. The van der Waals surface area contributed by atoms with Crippen LogP contribution in [0.25, 0.3) is 0 Å². The lowest BCUT2D eigenvalue weighted by atomic mass is 10.1. The van der Waals surface area contributed by atoms with Crippen molar-refractivity contribution in [2.75, 3.05) is 17.2 Å². The van der Waals surface area contributed by atoms with E-state index in [1.807, 2.05) is 24.3 Å². The topological polar surface area (TPSA) is 46.3 Å². The first-order chi connectivity index (χ1) is 9.16. The van der Waals surface area contributed by atoms with E-state index < -0.39 is 0 Å². The van der Waals surface area contributed by atoms with Crippen LogP contribution in [-0.4, -0.2) is 12.5 Å². The zero-order chi connectivity index (χ0) is 13.4. The summed E-state index contributed by atoms with van der Waals surface area (Å²) in [7, 11) is 0. The summed E-state index contributed by atoms with van der Waals surface area (Å²) in [5.41, 5.74) is 9.20. The fourth-order valence-corrected chi connectivity index (χ4v) is 2.80. The summed E-state index contributed by atoms with van der Waals surface area (Å²) in [6, 6.07) is 13.4. The highest BCUT2D eigenvalue weighted by molar-refractivity contribution is 9.10. The van der Waals surface area contributed by atoms with Gasteiger partial charge >= 0.3 is 0 Å². The Morgan fingerprint density at radius 3 is 2.79 bits per heavy atom. The number of carbonyl (C=O) groups is 1. The van der Waals surface area contributed by atoms with Gasteiger partial charge in [0.2, 0.25) is 0 Å². The summed E-state index contributed by atoms with van der Waals surface area (Å²) >= 11 is 3.35. The molecule has 0 radical (unpaired) electrons. The van der Waals surface area contributed by atoms with E-state index in [1.165, 1.54) is 5.56 Å². The molecule has 1 heterocycles. The van der Waals surface area contributed by atoms with E-state index in [4.69, 9.17) is 5.73 Å². The maximum atomic E-state index is 12.6. The first kappa shape index (κ1) is 12.2. The molecule has 96 valence electrons. The Morgan fingerprint density at radius 1 is 1.21 bits per heavy atom. The third-order valence-electron chi connectivity index (χ3n) is 3.38. The number of para-hydroxylation sites is 1. The molecule has 0 fully saturated rings. The first-order valence-electron chi connectivity index (χ1n) is 6.11. The quantitative estimate of drug-likeness (QED) is 0.821. The fourth-order valence-electron chi connectivity index (χ4n) is 2.42. The van der Waals surface area contributed by atoms with Gasteiger partial charge in [0.1, 0.15) is 0 Å². The lowest BCUT2D eigenvalue weighted by Gasteiger charge is -2.18. The Balaban J connectivity index is 1.98. The second kappa shape index (κ2) is 4.70. The minimum atomic E-state index is -0.0325. The largest absolute Gasteiger partial charge is 0.398 e. The smallest absolute Gasteiger partial charge is 0.260 e. The third-order valence-corrected chi connectivity index (χ3v) is 3.87. The highest BCUT2D eigenvalue weighted by Crippen LogP contribution is 2.30. The van der Waals surface area contributed by atoms with Crippen LogP contribution in [0.15, 0.2) is 46.9 Å². The summed E-state index contributed by atoms with van der Waals surface area (Å²) in [4.78, 5) is 14.4. The standard InChI is InChI=1S/C15H13BrN2O/c16-11-5-6-12(13(17)9-11)15(19)18-8-7-10-3-1-2-4-14(10)18/h1-6,9H,7-8,17H2. The van der Waals surface area contributed by atoms with Crippen molar-refractivity contribution in [3.8, 4) is 0 Å². The van der Waals surface area contributed by atoms with Gasteiger partial charge in [-0.15, -0.1) is 0 Å². The number of nitrogens with zero attached hydrogens (tertiary/aromatic N) is 1. The number of amides is 1. The molecule has 2 aromatic carbocycles. The van der Waals surface area contributed by atoms with Crippen LogP contribution in [0.4, 0.5) is 11.4 Å². The zero-order valence-corrected chi connectivity index (χ0v) is 11.9. The number of carbonyl (C=O) groups excluding carboxylic acids is 1. The second-order valence-corrected chi connectivity index (χ2v) is 5.48. The molecule has 3 rings (SSSR count). The third kappa shape index (κ3) is 2.12. The summed E-state index contributed by atoms with van der Waals surface area (Å²) in [6.07, 6.45) is 0.901. The van der Waals surface area contributed by atoms with Crippen LogP contribution in [0.5, 0.6) is 0 Å². The van der Waals surface area contributed by atoms with Crippen LogP contribution in [0, 0.1) is 0 Å². The van der Waals surface area contributed by atoms with Gasteiger partial charge in [-0.25, -0.2) is 0 Å². The van der Waals surface area contributed by atoms with Gasteiger partial charge in [-0.3, -0.25) is 4.79 Å². The fraction of sp³-hybridized carbons (Fsp3) is 0.133. The van der Waals surface area contributed by atoms with E-state index in [-0.39, 0.29) is 5.91 Å². The van der Waals surface area contributed by atoms with Crippen molar-refractivity contribution >= 4 is 33.2 Å². The van der Waals surface area contributed by atoms with Gasteiger partial charge in [-0.1, -0.05) is 34.1 Å². The van der Waals surface area contributed by atoms with E-state index in [0.717, 1.165) is 16.6 Å². The predicted molar refractivity (Wildman–Crippen MR) is 80.4 cm³/mol. The van der Waals surface area contributed by atoms with Crippen molar-refractivity contribution in [2.45, 2.75) is 6.42 Å². The molecule has 1 amide bonds. The molecule has 0 aliphatic carbocycles. The molecule has 0 aromatic heterocycles. The lowest BCUT2D eigenvalue weighted by molar-refractivity contribution is 0.0990. The molecular weight excluding hydrogens is 304 g/mol. The van der Waals surface area contributed by atoms with E-state index in [9.17, 15) is 4.79 Å². The number of fused-ring (bicyclic) bond motifs is 1. The predicted octanol–water partition coefficient (Wildman–Crippen LogP) is 3.23. The number of hydrogen-bond acceptors (Lipinski definition) is 2. The summed E-state index contributed by atoms with van der Waals surface area (Å²) in [5, 5.41) is 0. The van der Waals surface area contributed by atoms with Crippen molar-refractivity contribution in [2.24, 2.45) is 0 Å². The summed E-state index contributed by atoms with van der Waals surface area (Å²) in [5.74, 6) is -0.0325. The number of hydrogen-bond donors (Lipinski definition) is 1. The molecule has 2 N–H and O–H groups in total. The summed E-state index contributed by atoms with van der Waals surface area (Å²) < 4.78 is 0.878. The number of halogens is 1. The Morgan fingerprint density at radius 2 is 2.00 bits per heavy atom. The van der Waals surface area contributed by atoms with Crippen molar-refractivity contribution in [3.05, 3.63) is 58.1 Å². The highest BCUT2D eigenvalue weighted by atomic mass is 79.9. The molecule has 0 saturated carbocycles. The number of rotatable bonds is 1. The Labute approximate surface area is 120 Å². The van der Waals surface area contributed by atoms with Crippen LogP contribution >= 0.6 is 15.9 Å². The molecule has 4 heteroatoms. The van der Waals surface area contributed by atoms with E-state index in [2.05, 4.69) is 22.0 Å². The normalized spacial score (nSPS) is 13.4. The molecule has 19 heavy (non-hydrogen) atoms. The molecule has 0 saturated heterocycles. The molecule has 3 nitrogen and oxygen atoms in total. The Kier molecular flexibility index (Phi) is 3.03. The molecule has 0 spiro atoms. The van der Waals surface area contributed by atoms with Gasteiger partial charge in [0.25, 0.3) is 5.91 Å². The number of nitrogens with two attached hydrogens (primary N) is 1. The molecule has 0 atom stereocenters. The van der Waals surface area contributed by atoms with Gasteiger partial charge in [0, 0.05) is 22.4 Å². The average molecular weight is 317 g/mol. The maximum Gasteiger partial charge on any atom is 0.260 e. The second-order valence-electron chi connectivity index (χ2n) is 4.57. The van der Waals surface area contributed by atoms with Crippen molar-refractivity contribution in [1.29, 1.82) is 0 Å². The Hall–Kier alpha value is -1.81. The van der Waals surface area contributed by atoms with Crippen LogP contribution in [0.3, 0.4) is 0 Å². The zero-order valence-electron chi connectivity index (χ0n) is 10.3. The average Bonchev–Trinajstić information content (AvgIpc) is 2.82. The van der Waals surface area contributed by atoms with Crippen molar-refractivity contribution in [1.82, 2.24) is 0 Å². The SMILES string of the molecule is Nc1cc(Br)ccc1C(=O)N1CCc2ccccc21. The molecule has 1 aliphatic heterocycles. The Bertz CT molecular complexity index is 654. The minimum absolute atomic E-state index is 0.0325. The number of nitrogen functional groups attached to an aromatic ring is 1. The van der Waals surface area contributed by atoms with Crippen LogP contribution in [0.1, 0.15) is 15.9 Å². The van der Waals surface area contributed by atoms with Crippen molar-refractivity contribution < 1.29 is 4.79 Å². The van der Waals surface area contributed by atoms with Crippen LogP contribution in [-0.2, 0) is 6.42 Å². The van der Waals surface area contributed by atoms with Gasteiger partial charge in [0.05, 0.1) is 5.56 Å². The molecule has 0 unspecified atom stereocenters. The molecular formula is C15H13BrN2O.